The van der Waals surface area contributed by atoms with Crippen molar-refractivity contribution in [3.63, 3.8) is 0 Å². The summed E-state index contributed by atoms with van der Waals surface area (Å²) in [6.07, 6.45) is 8.80. The van der Waals surface area contributed by atoms with Crippen molar-refractivity contribution in [2.45, 2.75) is 57.4 Å². The molecule has 3 nitrogen and oxygen atoms in total. The average Bonchev–Trinajstić information content (AvgIpc) is 2.87. The number of amides is 1. The SMILES string of the molecule is O=C(CCC1CCNCC1)N1CCCCCC1c1ccc(Cl)cc1. The number of carbonyl (C=O) groups is 1. The molecule has 1 aromatic rings. The maximum absolute atomic E-state index is 12.9. The van der Waals surface area contributed by atoms with E-state index in [0.29, 0.717) is 12.3 Å². The highest BCUT2D eigenvalue weighted by Crippen LogP contribution is 2.32. The lowest BCUT2D eigenvalue weighted by Crippen LogP contribution is -2.35. The van der Waals surface area contributed by atoms with Gasteiger partial charge in [0.05, 0.1) is 6.04 Å². The molecule has 132 valence electrons. The first kappa shape index (κ1) is 17.8. The van der Waals surface area contributed by atoms with E-state index in [1.165, 1.54) is 31.2 Å². The lowest BCUT2D eigenvalue weighted by Gasteiger charge is -2.31. The molecule has 2 heterocycles. The number of halogens is 1. The van der Waals surface area contributed by atoms with Gasteiger partial charge in [0, 0.05) is 18.0 Å². The molecule has 2 aliphatic heterocycles. The minimum Gasteiger partial charge on any atom is -0.336 e. The van der Waals surface area contributed by atoms with Gasteiger partial charge in [0.25, 0.3) is 0 Å². The van der Waals surface area contributed by atoms with Crippen molar-refractivity contribution in [3.8, 4) is 0 Å². The fourth-order valence-corrected chi connectivity index (χ4v) is 4.21. The zero-order chi connectivity index (χ0) is 16.8. The largest absolute Gasteiger partial charge is 0.336 e. The van der Waals surface area contributed by atoms with Crippen molar-refractivity contribution in [3.05, 3.63) is 34.9 Å². The average molecular weight is 349 g/mol. The molecule has 1 aromatic carbocycles. The Morgan fingerprint density at radius 3 is 2.58 bits per heavy atom. The van der Waals surface area contributed by atoms with Crippen LogP contribution in [0, 0.1) is 5.92 Å². The van der Waals surface area contributed by atoms with Gasteiger partial charge in [-0.25, -0.2) is 0 Å². The summed E-state index contributed by atoms with van der Waals surface area (Å²) in [6, 6.07) is 8.29. The van der Waals surface area contributed by atoms with E-state index in [0.717, 1.165) is 49.8 Å². The molecule has 0 saturated carbocycles. The first-order valence-corrected chi connectivity index (χ1v) is 9.87. The molecule has 3 rings (SSSR count). The number of piperidine rings is 1. The molecule has 2 fully saturated rings. The van der Waals surface area contributed by atoms with Crippen molar-refractivity contribution in [1.82, 2.24) is 10.2 Å². The van der Waals surface area contributed by atoms with Crippen LogP contribution in [-0.2, 0) is 4.79 Å². The number of carbonyl (C=O) groups excluding carboxylic acids is 1. The second kappa shape index (κ2) is 8.87. The van der Waals surface area contributed by atoms with Gasteiger partial charge >= 0.3 is 0 Å². The van der Waals surface area contributed by atoms with Gasteiger partial charge in [-0.15, -0.1) is 0 Å². The number of hydrogen-bond acceptors (Lipinski definition) is 2. The molecule has 24 heavy (non-hydrogen) atoms. The Balaban J connectivity index is 1.64. The summed E-state index contributed by atoms with van der Waals surface area (Å²) >= 11 is 6.03. The summed E-state index contributed by atoms with van der Waals surface area (Å²) in [4.78, 5) is 15.1. The van der Waals surface area contributed by atoms with E-state index < -0.39 is 0 Å². The van der Waals surface area contributed by atoms with E-state index in [1.54, 1.807) is 0 Å². The highest BCUT2D eigenvalue weighted by molar-refractivity contribution is 6.30. The van der Waals surface area contributed by atoms with Crippen molar-refractivity contribution >= 4 is 17.5 Å². The van der Waals surface area contributed by atoms with Crippen LogP contribution in [0.15, 0.2) is 24.3 Å². The first-order chi connectivity index (χ1) is 11.7. The molecule has 2 aliphatic rings. The molecule has 4 heteroatoms. The highest BCUT2D eigenvalue weighted by atomic mass is 35.5. The van der Waals surface area contributed by atoms with E-state index in [4.69, 9.17) is 11.6 Å². The van der Waals surface area contributed by atoms with Crippen LogP contribution in [0.1, 0.15) is 63.0 Å². The van der Waals surface area contributed by atoms with Gasteiger partial charge in [-0.1, -0.05) is 36.6 Å². The number of likely N-dealkylation sites (tertiary alicyclic amines) is 1. The summed E-state index contributed by atoms with van der Waals surface area (Å²) in [5.41, 5.74) is 1.23. The minimum absolute atomic E-state index is 0.227. The molecule has 0 aliphatic carbocycles. The number of hydrogen-bond donors (Lipinski definition) is 1. The van der Waals surface area contributed by atoms with E-state index in [-0.39, 0.29) is 6.04 Å². The third-order valence-electron chi connectivity index (χ3n) is 5.55. The first-order valence-electron chi connectivity index (χ1n) is 9.49. The molecule has 1 atom stereocenters. The van der Waals surface area contributed by atoms with Gasteiger partial charge in [0.1, 0.15) is 0 Å². The smallest absolute Gasteiger partial charge is 0.223 e. The Bertz CT molecular complexity index is 525. The zero-order valence-corrected chi connectivity index (χ0v) is 15.2. The predicted molar refractivity (Wildman–Crippen MR) is 99.2 cm³/mol. The van der Waals surface area contributed by atoms with Crippen LogP contribution in [0.25, 0.3) is 0 Å². The lowest BCUT2D eigenvalue weighted by molar-refractivity contribution is -0.134. The van der Waals surface area contributed by atoms with E-state index in [2.05, 4.69) is 22.3 Å². The van der Waals surface area contributed by atoms with Crippen molar-refractivity contribution < 1.29 is 4.79 Å². The lowest BCUT2D eigenvalue weighted by atomic mass is 9.92. The molecular formula is C20H29ClN2O. The van der Waals surface area contributed by atoms with Crippen LogP contribution in [-0.4, -0.2) is 30.4 Å². The zero-order valence-electron chi connectivity index (χ0n) is 14.5. The van der Waals surface area contributed by atoms with Gasteiger partial charge in [0.15, 0.2) is 0 Å². The van der Waals surface area contributed by atoms with E-state index in [9.17, 15) is 4.79 Å². The highest BCUT2D eigenvalue weighted by Gasteiger charge is 2.27. The number of nitrogens with one attached hydrogen (secondary N) is 1. The Labute approximate surface area is 150 Å². The molecule has 1 amide bonds. The predicted octanol–water partition coefficient (Wildman–Crippen LogP) is 4.56. The Morgan fingerprint density at radius 2 is 1.83 bits per heavy atom. The third kappa shape index (κ3) is 4.73. The molecule has 0 radical (unpaired) electrons. The second-order valence-corrected chi connectivity index (χ2v) is 7.67. The van der Waals surface area contributed by atoms with Crippen molar-refractivity contribution in [2.24, 2.45) is 5.92 Å². The summed E-state index contributed by atoms with van der Waals surface area (Å²) < 4.78 is 0. The molecule has 2 saturated heterocycles. The van der Waals surface area contributed by atoms with Gasteiger partial charge in [-0.2, -0.15) is 0 Å². The Hall–Kier alpha value is -1.06. The number of rotatable bonds is 4. The minimum atomic E-state index is 0.227. The second-order valence-electron chi connectivity index (χ2n) is 7.24. The molecule has 1 unspecified atom stereocenters. The van der Waals surface area contributed by atoms with Gasteiger partial charge < -0.3 is 10.2 Å². The molecule has 0 aromatic heterocycles. The van der Waals surface area contributed by atoms with Gasteiger partial charge in [-0.3, -0.25) is 4.79 Å². The quantitative estimate of drug-likeness (QED) is 0.864. The molecule has 0 spiro atoms. The van der Waals surface area contributed by atoms with E-state index >= 15 is 0 Å². The normalized spacial score (nSPS) is 23.0. The third-order valence-corrected chi connectivity index (χ3v) is 5.81. The Morgan fingerprint density at radius 1 is 1.08 bits per heavy atom. The summed E-state index contributed by atoms with van der Waals surface area (Å²) in [5.74, 6) is 1.06. The summed E-state index contributed by atoms with van der Waals surface area (Å²) in [5, 5.41) is 4.16. The topological polar surface area (TPSA) is 32.3 Å². The van der Waals surface area contributed by atoms with Crippen LogP contribution in [0.4, 0.5) is 0 Å². The van der Waals surface area contributed by atoms with Crippen LogP contribution in [0.2, 0.25) is 5.02 Å². The van der Waals surface area contributed by atoms with Crippen molar-refractivity contribution in [1.29, 1.82) is 0 Å². The fraction of sp³-hybridized carbons (Fsp3) is 0.650. The molecular weight excluding hydrogens is 320 g/mol. The van der Waals surface area contributed by atoms with Crippen molar-refractivity contribution in [2.75, 3.05) is 19.6 Å². The maximum Gasteiger partial charge on any atom is 0.223 e. The number of benzene rings is 1. The van der Waals surface area contributed by atoms with Crippen LogP contribution < -0.4 is 5.32 Å². The fourth-order valence-electron chi connectivity index (χ4n) is 4.08. The monoisotopic (exact) mass is 348 g/mol. The van der Waals surface area contributed by atoms with E-state index in [1.807, 2.05) is 12.1 Å². The summed E-state index contributed by atoms with van der Waals surface area (Å²) in [6.45, 7) is 3.12. The maximum atomic E-state index is 12.9. The van der Waals surface area contributed by atoms with Crippen LogP contribution in [0.5, 0.6) is 0 Å². The van der Waals surface area contributed by atoms with Crippen LogP contribution >= 0.6 is 11.6 Å². The van der Waals surface area contributed by atoms with Crippen LogP contribution in [0.3, 0.4) is 0 Å². The summed E-state index contributed by atoms with van der Waals surface area (Å²) in [7, 11) is 0. The number of nitrogens with zero attached hydrogens (tertiary/aromatic N) is 1. The van der Waals surface area contributed by atoms with Gasteiger partial charge in [0.2, 0.25) is 5.91 Å². The molecule has 0 bridgehead atoms. The Kier molecular flexibility index (Phi) is 6.56. The van der Waals surface area contributed by atoms with Gasteiger partial charge in [-0.05, 0) is 68.8 Å². The molecule has 1 N–H and O–H groups in total. The standard InChI is InChI=1S/C20H29ClN2O/c21-18-8-6-17(7-9-18)19-4-2-1-3-15-23(19)20(24)10-5-16-11-13-22-14-12-16/h6-9,16,19,22H,1-5,10-15H2.